The third-order valence-electron chi connectivity index (χ3n) is 2.91. The Hall–Kier alpha value is -1.43. The van der Waals surface area contributed by atoms with Gasteiger partial charge in [-0.15, -0.1) is 0 Å². The minimum Gasteiger partial charge on any atom is -0.192 e. The van der Waals surface area contributed by atoms with E-state index in [0.29, 0.717) is 0 Å². The molecule has 0 heterocycles. The van der Waals surface area contributed by atoms with Crippen molar-refractivity contribution in [2.24, 2.45) is 0 Å². The van der Waals surface area contributed by atoms with Crippen LogP contribution in [0.15, 0.2) is 42.5 Å². The molecular weight excluding hydrogens is 274 g/mol. The average molecular weight is 288 g/mol. The third-order valence-corrected chi connectivity index (χ3v) is 4.22. The Morgan fingerprint density at radius 3 is 2.47 bits per heavy atom. The molecule has 3 heteroatoms. The van der Waals surface area contributed by atoms with Gasteiger partial charge in [-0.05, 0) is 47.9 Å². The summed E-state index contributed by atoms with van der Waals surface area (Å²) in [6.45, 7) is 2.05. The van der Waals surface area contributed by atoms with E-state index in [1.807, 2.05) is 42.1 Å². The summed E-state index contributed by atoms with van der Waals surface area (Å²) < 4.78 is 0. The molecule has 0 radical (unpaired) electrons. The van der Waals surface area contributed by atoms with Crippen LogP contribution in [0.4, 0.5) is 0 Å². The van der Waals surface area contributed by atoms with Gasteiger partial charge in [0.15, 0.2) is 0 Å². The Balaban J connectivity index is 1.92. The van der Waals surface area contributed by atoms with Crippen LogP contribution in [0.3, 0.4) is 0 Å². The van der Waals surface area contributed by atoms with Crippen molar-refractivity contribution >= 4 is 23.4 Å². The minimum atomic E-state index is 0.726. The largest absolute Gasteiger partial charge is 0.192 e. The summed E-state index contributed by atoms with van der Waals surface area (Å²) in [5, 5.41) is 9.61. The van der Waals surface area contributed by atoms with E-state index in [9.17, 15) is 0 Å². The van der Waals surface area contributed by atoms with Crippen LogP contribution in [0.25, 0.3) is 0 Å². The van der Waals surface area contributed by atoms with Gasteiger partial charge in [-0.2, -0.15) is 17.0 Å². The van der Waals surface area contributed by atoms with Gasteiger partial charge in [0, 0.05) is 16.5 Å². The van der Waals surface area contributed by atoms with E-state index in [2.05, 4.69) is 25.1 Å². The van der Waals surface area contributed by atoms with Crippen molar-refractivity contribution < 1.29 is 0 Å². The number of benzene rings is 2. The number of nitriles is 1. The molecule has 0 aliphatic carbocycles. The molecule has 0 aliphatic rings. The molecule has 96 valence electrons. The molecule has 2 aromatic carbocycles. The predicted molar refractivity (Wildman–Crippen MR) is 82.3 cm³/mol. The van der Waals surface area contributed by atoms with E-state index in [0.717, 1.165) is 22.1 Å². The summed E-state index contributed by atoms with van der Waals surface area (Å²) in [6, 6.07) is 16.0. The molecule has 0 amide bonds. The zero-order valence-corrected chi connectivity index (χ0v) is 12.3. The van der Waals surface area contributed by atoms with Gasteiger partial charge in [0.1, 0.15) is 0 Å². The molecule has 0 saturated carbocycles. The van der Waals surface area contributed by atoms with Gasteiger partial charge in [0.25, 0.3) is 0 Å². The number of nitrogens with zero attached hydrogens (tertiary/aromatic N) is 1. The van der Waals surface area contributed by atoms with Gasteiger partial charge in [0.05, 0.1) is 11.6 Å². The van der Waals surface area contributed by atoms with E-state index in [1.165, 1.54) is 16.7 Å². The van der Waals surface area contributed by atoms with Crippen molar-refractivity contribution in [3.8, 4) is 6.07 Å². The summed E-state index contributed by atoms with van der Waals surface area (Å²) in [6.07, 6.45) is 0. The average Bonchev–Trinajstić information content (AvgIpc) is 2.42. The molecular formula is C16H14ClNS. The smallest absolute Gasteiger partial charge is 0.0991 e. The second-order valence-electron chi connectivity index (χ2n) is 4.37. The van der Waals surface area contributed by atoms with Crippen molar-refractivity contribution in [1.29, 1.82) is 5.26 Å². The second kappa shape index (κ2) is 6.65. The predicted octanol–water partition coefficient (Wildman–Crippen LogP) is 4.95. The van der Waals surface area contributed by atoms with Crippen LogP contribution in [0, 0.1) is 18.3 Å². The highest BCUT2D eigenvalue weighted by Crippen LogP contribution is 2.21. The third kappa shape index (κ3) is 4.02. The van der Waals surface area contributed by atoms with Gasteiger partial charge in [-0.3, -0.25) is 0 Å². The van der Waals surface area contributed by atoms with Crippen LogP contribution in [0.1, 0.15) is 22.3 Å². The zero-order valence-electron chi connectivity index (χ0n) is 10.7. The maximum absolute atomic E-state index is 8.83. The first-order valence-corrected chi connectivity index (χ1v) is 7.54. The Kier molecular flexibility index (Phi) is 4.90. The number of halogens is 1. The molecule has 0 aliphatic heterocycles. The molecule has 0 spiro atoms. The maximum atomic E-state index is 8.83. The molecule has 0 N–H and O–H groups in total. The van der Waals surface area contributed by atoms with E-state index in [-0.39, 0.29) is 0 Å². The SMILES string of the molecule is Cc1cc(C#N)ccc1CSCc1ccc(Cl)cc1. The van der Waals surface area contributed by atoms with Crippen molar-refractivity contribution in [3.05, 3.63) is 69.7 Å². The van der Waals surface area contributed by atoms with Gasteiger partial charge < -0.3 is 0 Å². The minimum absolute atomic E-state index is 0.726. The van der Waals surface area contributed by atoms with E-state index in [1.54, 1.807) is 0 Å². The lowest BCUT2D eigenvalue weighted by Crippen LogP contribution is -1.89. The first-order chi connectivity index (χ1) is 9.19. The topological polar surface area (TPSA) is 23.8 Å². The van der Waals surface area contributed by atoms with Gasteiger partial charge in [-0.25, -0.2) is 0 Å². The standard InChI is InChI=1S/C16H14ClNS/c1-12-8-14(9-18)2-5-15(12)11-19-10-13-3-6-16(17)7-4-13/h2-8H,10-11H2,1H3. The van der Waals surface area contributed by atoms with Crippen molar-refractivity contribution in [3.63, 3.8) is 0 Å². The number of rotatable bonds is 4. The fraction of sp³-hybridized carbons (Fsp3) is 0.188. The number of hydrogen-bond donors (Lipinski definition) is 0. The van der Waals surface area contributed by atoms with Crippen molar-refractivity contribution in [1.82, 2.24) is 0 Å². The van der Waals surface area contributed by atoms with Crippen LogP contribution in [-0.2, 0) is 11.5 Å². The number of hydrogen-bond acceptors (Lipinski definition) is 2. The molecule has 19 heavy (non-hydrogen) atoms. The van der Waals surface area contributed by atoms with E-state index < -0.39 is 0 Å². The summed E-state index contributed by atoms with van der Waals surface area (Å²) in [4.78, 5) is 0. The lowest BCUT2D eigenvalue weighted by molar-refractivity contribution is 1.28. The van der Waals surface area contributed by atoms with Gasteiger partial charge in [-0.1, -0.05) is 29.8 Å². The highest BCUT2D eigenvalue weighted by atomic mass is 35.5. The van der Waals surface area contributed by atoms with Crippen LogP contribution in [0.5, 0.6) is 0 Å². The first kappa shape index (κ1) is 14.0. The molecule has 0 saturated heterocycles. The molecule has 0 bridgehead atoms. The molecule has 0 aromatic heterocycles. The van der Waals surface area contributed by atoms with E-state index in [4.69, 9.17) is 16.9 Å². The summed E-state index contributed by atoms with van der Waals surface area (Å²) in [5.74, 6) is 1.93. The molecule has 0 atom stereocenters. The maximum Gasteiger partial charge on any atom is 0.0991 e. The van der Waals surface area contributed by atoms with Gasteiger partial charge in [0.2, 0.25) is 0 Å². The van der Waals surface area contributed by atoms with Crippen molar-refractivity contribution in [2.75, 3.05) is 0 Å². The first-order valence-electron chi connectivity index (χ1n) is 6.01. The normalized spacial score (nSPS) is 10.2. The lowest BCUT2D eigenvalue weighted by atomic mass is 10.1. The summed E-state index contributed by atoms with van der Waals surface area (Å²) in [5.41, 5.74) is 4.48. The quantitative estimate of drug-likeness (QED) is 0.794. The monoisotopic (exact) mass is 287 g/mol. The fourth-order valence-electron chi connectivity index (χ4n) is 1.79. The second-order valence-corrected chi connectivity index (χ2v) is 5.79. The Bertz CT molecular complexity index is 599. The van der Waals surface area contributed by atoms with Crippen LogP contribution in [0.2, 0.25) is 5.02 Å². The van der Waals surface area contributed by atoms with Gasteiger partial charge >= 0.3 is 0 Å². The lowest BCUT2D eigenvalue weighted by Gasteiger charge is -2.06. The fourth-order valence-corrected chi connectivity index (χ4v) is 2.99. The Labute approximate surface area is 123 Å². The molecule has 1 nitrogen and oxygen atoms in total. The van der Waals surface area contributed by atoms with Crippen molar-refractivity contribution in [2.45, 2.75) is 18.4 Å². The molecule has 2 rings (SSSR count). The molecule has 2 aromatic rings. The summed E-state index contributed by atoms with van der Waals surface area (Å²) >= 11 is 7.72. The molecule has 0 unspecified atom stereocenters. The van der Waals surface area contributed by atoms with E-state index >= 15 is 0 Å². The van der Waals surface area contributed by atoms with Crippen LogP contribution >= 0.6 is 23.4 Å². The Morgan fingerprint density at radius 2 is 1.84 bits per heavy atom. The number of thioether (sulfide) groups is 1. The Morgan fingerprint density at radius 1 is 1.11 bits per heavy atom. The van der Waals surface area contributed by atoms with Crippen LogP contribution in [-0.4, -0.2) is 0 Å². The highest BCUT2D eigenvalue weighted by Gasteiger charge is 2.01. The number of aryl methyl sites for hydroxylation is 1. The highest BCUT2D eigenvalue weighted by molar-refractivity contribution is 7.97. The van der Waals surface area contributed by atoms with Crippen LogP contribution < -0.4 is 0 Å². The summed E-state index contributed by atoms with van der Waals surface area (Å²) in [7, 11) is 0. The zero-order chi connectivity index (χ0) is 13.7. The molecule has 0 fully saturated rings.